The van der Waals surface area contributed by atoms with Gasteiger partial charge in [0.1, 0.15) is 0 Å². The summed E-state index contributed by atoms with van der Waals surface area (Å²) in [6.45, 7) is 0.00405. The molecule has 4 nitrogen and oxygen atoms in total. The van der Waals surface area contributed by atoms with Crippen molar-refractivity contribution in [3.05, 3.63) is 0 Å². The second kappa shape index (κ2) is 5.72. The molecular weight excluding hydrogens is 226 g/mol. The summed E-state index contributed by atoms with van der Waals surface area (Å²) in [6, 6.07) is -0.103. The van der Waals surface area contributed by atoms with Crippen molar-refractivity contribution >= 4 is 10.0 Å². The number of halogens is 2. The predicted octanol–water partition coefficient (Wildman–Crippen LogP) is 0.313. The number of hydrogen-bond donors (Lipinski definition) is 2. The molecule has 0 aromatic heterocycles. The van der Waals surface area contributed by atoms with E-state index in [4.69, 9.17) is 0 Å². The van der Waals surface area contributed by atoms with E-state index in [1.54, 1.807) is 0 Å². The maximum Gasteiger partial charge on any atom is 0.251 e. The van der Waals surface area contributed by atoms with Crippen molar-refractivity contribution in [2.75, 3.05) is 18.8 Å². The molecule has 1 saturated heterocycles. The second-order valence-corrected chi connectivity index (χ2v) is 5.52. The van der Waals surface area contributed by atoms with Crippen molar-refractivity contribution in [2.45, 2.75) is 31.7 Å². The summed E-state index contributed by atoms with van der Waals surface area (Å²) >= 11 is 0. The normalized spacial score (nSPS) is 23.3. The smallest absolute Gasteiger partial charge is 0.251 e. The number of rotatable bonds is 5. The van der Waals surface area contributed by atoms with Crippen LogP contribution in [0.25, 0.3) is 0 Å². The lowest BCUT2D eigenvalue weighted by molar-refractivity contribution is 0.153. The zero-order valence-corrected chi connectivity index (χ0v) is 9.19. The van der Waals surface area contributed by atoms with Gasteiger partial charge in [-0.25, -0.2) is 21.9 Å². The van der Waals surface area contributed by atoms with Gasteiger partial charge in [0.2, 0.25) is 10.0 Å². The molecule has 1 aliphatic heterocycles. The highest BCUT2D eigenvalue weighted by molar-refractivity contribution is 7.89. The fourth-order valence-corrected chi connectivity index (χ4v) is 2.89. The summed E-state index contributed by atoms with van der Waals surface area (Å²) in [6.07, 6.45) is 0.178. The van der Waals surface area contributed by atoms with Gasteiger partial charge in [0.25, 0.3) is 6.43 Å². The van der Waals surface area contributed by atoms with Crippen molar-refractivity contribution in [3.63, 3.8) is 0 Å². The van der Waals surface area contributed by atoms with Crippen LogP contribution in [0.4, 0.5) is 8.78 Å². The number of sulfonamides is 1. The molecular formula is C8H16F2N2O2S. The van der Waals surface area contributed by atoms with Crippen molar-refractivity contribution < 1.29 is 17.2 Å². The highest BCUT2D eigenvalue weighted by Crippen LogP contribution is 2.08. The largest absolute Gasteiger partial charge is 0.313 e. The van der Waals surface area contributed by atoms with Gasteiger partial charge in [-0.15, -0.1) is 0 Å². The Hall–Kier alpha value is -0.270. The van der Waals surface area contributed by atoms with E-state index < -0.39 is 23.0 Å². The van der Waals surface area contributed by atoms with Crippen LogP contribution in [0.1, 0.15) is 19.3 Å². The highest BCUT2D eigenvalue weighted by atomic mass is 32.2. The van der Waals surface area contributed by atoms with Gasteiger partial charge in [-0.1, -0.05) is 6.42 Å². The van der Waals surface area contributed by atoms with Gasteiger partial charge in [0.15, 0.2) is 0 Å². The number of nitrogens with one attached hydrogen (secondary N) is 2. The molecule has 1 unspecified atom stereocenters. The van der Waals surface area contributed by atoms with Gasteiger partial charge in [-0.2, -0.15) is 0 Å². The Morgan fingerprint density at radius 3 is 2.67 bits per heavy atom. The SMILES string of the molecule is O=S(=O)(CC1CCCCN1)NCC(F)F. The average Bonchev–Trinajstić information content (AvgIpc) is 2.16. The number of piperidine rings is 1. The minimum atomic E-state index is -3.57. The van der Waals surface area contributed by atoms with Crippen LogP contribution in [-0.2, 0) is 10.0 Å². The van der Waals surface area contributed by atoms with E-state index in [0.29, 0.717) is 0 Å². The van der Waals surface area contributed by atoms with Gasteiger partial charge < -0.3 is 5.32 Å². The monoisotopic (exact) mass is 242 g/mol. The van der Waals surface area contributed by atoms with Gasteiger partial charge in [0, 0.05) is 6.04 Å². The summed E-state index contributed by atoms with van der Waals surface area (Å²) in [5.74, 6) is -0.111. The van der Waals surface area contributed by atoms with Crippen LogP contribution in [0.15, 0.2) is 0 Å². The Labute approximate surface area is 88.5 Å². The lowest BCUT2D eigenvalue weighted by atomic mass is 10.1. The summed E-state index contributed by atoms with van der Waals surface area (Å²) in [5, 5.41) is 3.06. The molecule has 90 valence electrons. The molecule has 0 bridgehead atoms. The molecule has 15 heavy (non-hydrogen) atoms. The van der Waals surface area contributed by atoms with Gasteiger partial charge in [-0.05, 0) is 19.4 Å². The molecule has 0 amide bonds. The Morgan fingerprint density at radius 2 is 2.13 bits per heavy atom. The first-order chi connectivity index (χ1) is 6.99. The first kappa shape index (κ1) is 12.8. The van der Waals surface area contributed by atoms with Crippen LogP contribution in [0, 0.1) is 0 Å². The van der Waals surface area contributed by atoms with Crippen LogP contribution < -0.4 is 10.0 Å². The molecule has 0 radical (unpaired) electrons. The third-order valence-corrected chi connectivity index (χ3v) is 3.74. The minimum absolute atomic E-state index is 0.103. The van der Waals surface area contributed by atoms with Crippen molar-refractivity contribution in [3.8, 4) is 0 Å². The fraction of sp³-hybridized carbons (Fsp3) is 1.00. The molecule has 2 N–H and O–H groups in total. The van der Waals surface area contributed by atoms with E-state index in [-0.39, 0.29) is 11.8 Å². The zero-order chi connectivity index (χ0) is 11.3. The number of hydrogen-bond acceptors (Lipinski definition) is 3. The molecule has 1 atom stereocenters. The minimum Gasteiger partial charge on any atom is -0.313 e. The van der Waals surface area contributed by atoms with E-state index in [1.165, 1.54) is 0 Å². The average molecular weight is 242 g/mol. The first-order valence-corrected chi connectivity index (χ1v) is 6.64. The zero-order valence-electron chi connectivity index (χ0n) is 8.38. The van der Waals surface area contributed by atoms with Gasteiger partial charge in [0.05, 0.1) is 12.3 Å². The predicted molar refractivity (Wildman–Crippen MR) is 53.4 cm³/mol. The highest BCUT2D eigenvalue weighted by Gasteiger charge is 2.21. The molecule has 1 aliphatic rings. The van der Waals surface area contributed by atoms with Crippen LogP contribution in [0.5, 0.6) is 0 Å². The van der Waals surface area contributed by atoms with E-state index >= 15 is 0 Å². The van der Waals surface area contributed by atoms with Gasteiger partial charge >= 0.3 is 0 Å². The molecule has 1 fully saturated rings. The molecule has 0 aromatic carbocycles. The fourth-order valence-electron chi connectivity index (χ4n) is 1.58. The van der Waals surface area contributed by atoms with E-state index in [0.717, 1.165) is 25.8 Å². The standard InChI is InChI=1S/C8H16F2N2O2S/c9-8(10)5-12-15(13,14)6-7-3-1-2-4-11-7/h7-8,11-12H,1-6H2. The second-order valence-electron chi connectivity index (χ2n) is 3.67. The molecule has 0 aliphatic carbocycles. The van der Waals surface area contributed by atoms with Crippen LogP contribution in [0.2, 0.25) is 0 Å². The topological polar surface area (TPSA) is 58.2 Å². The third-order valence-electron chi connectivity index (χ3n) is 2.29. The van der Waals surface area contributed by atoms with E-state index in [2.05, 4.69) is 5.32 Å². The van der Waals surface area contributed by atoms with E-state index in [1.807, 2.05) is 4.72 Å². The molecule has 0 aromatic rings. The summed E-state index contributed by atoms with van der Waals surface area (Å²) < 4.78 is 48.1. The van der Waals surface area contributed by atoms with Crippen molar-refractivity contribution in [1.82, 2.24) is 10.0 Å². The van der Waals surface area contributed by atoms with Gasteiger partial charge in [-0.3, -0.25) is 0 Å². The number of alkyl halides is 2. The quantitative estimate of drug-likeness (QED) is 0.729. The summed E-state index contributed by atoms with van der Waals surface area (Å²) in [4.78, 5) is 0. The Kier molecular flexibility index (Phi) is 4.88. The Morgan fingerprint density at radius 1 is 1.40 bits per heavy atom. The molecule has 0 saturated carbocycles. The van der Waals surface area contributed by atoms with Crippen molar-refractivity contribution in [2.24, 2.45) is 0 Å². The summed E-state index contributed by atoms with van der Waals surface area (Å²) in [7, 11) is -3.57. The molecule has 1 rings (SSSR count). The Bertz CT molecular complexity index is 276. The van der Waals surface area contributed by atoms with Crippen molar-refractivity contribution in [1.29, 1.82) is 0 Å². The lowest BCUT2D eigenvalue weighted by Crippen LogP contribution is -2.43. The maximum absolute atomic E-state index is 11.8. The molecule has 0 spiro atoms. The third kappa shape index (κ3) is 5.39. The van der Waals surface area contributed by atoms with E-state index in [9.17, 15) is 17.2 Å². The molecule has 1 heterocycles. The van der Waals surface area contributed by atoms with Crippen LogP contribution in [-0.4, -0.2) is 39.7 Å². The maximum atomic E-state index is 11.8. The first-order valence-electron chi connectivity index (χ1n) is 4.98. The van der Waals surface area contributed by atoms with Crippen LogP contribution in [0.3, 0.4) is 0 Å². The Balaban J connectivity index is 2.34. The summed E-state index contributed by atoms with van der Waals surface area (Å²) in [5.41, 5.74) is 0. The molecule has 7 heteroatoms. The van der Waals surface area contributed by atoms with Crippen LogP contribution >= 0.6 is 0 Å². The lowest BCUT2D eigenvalue weighted by Gasteiger charge is -2.23.